The van der Waals surface area contributed by atoms with Gasteiger partial charge in [0.05, 0.1) is 4.47 Å². The van der Waals surface area contributed by atoms with E-state index in [0.29, 0.717) is 5.56 Å². The predicted molar refractivity (Wildman–Crippen MR) is 44.8 cm³/mol. The molecule has 0 unspecified atom stereocenters. The molecule has 0 spiro atoms. The number of rotatable bonds is 2. The molecule has 1 nitrogen and oxygen atoms in total. The Morgan fingerprint density at radius 1 is 1.33 bits per heavy atom. The molecule has 1 rings (SSSR count). The Morgan fingerprint density at radius 2 is 2.00 bits per heavy atom. The summed E-state index contributed by atoms with van der Waals surface area (Å²) in [5.74, 6) is -1.27. The Balaban J connectivity index is 3.09. The van der Waals surface area contributed by atoms with Crippen LogP contribution >= 0.6 is 15.9 Å². The minimum atomic E-state index is -0.640. The number of aliphatic hydroxyl groups excluding tert-OH is 1. The highest BCUT2D eigenvalue weighted by atomic mass is 79.9. The molecule has 0 atom stereocenters. The third-order valence-electron chi connectivity index (χ3n) is 1.45. The standard InChI is InChI=1S/C8H7BrF2O/c9-8-5(1-2-12)3-6(10)4-7(8)11/h3-4,12H,1-2H2. The van der Waals surface area contributed by atoms with E-state index in [-0.39, 0.29) is 17.5 Å². The fraction of sp³-hybridized carbons (Fsp3) is 0.250. The van der Waals surface area contributed by atoms with Gasteiger partial charge in [-0.1, -0.05) is 0 Å². The van der Waals surface area contributed by atoms with Gasteiger partial charge in [0.15, 0.2) is 0 Å². The van der Waals surface area contributed by atoms with Crippen molar-refractivity contribution in [3.05, 3.63) is 33.8 Å². The zero-order chi connectivity index (χ0) is 9.14. The molecular formula is C8H7BrF2O. The van der Waals surface area contributed by atoms with Crippen LogP contribution in [0.2, 0.25) is 0 Å². The first-order valence-corrected chi connectivity index (χ1v) is 4.18. The van der Waals surface area contributed by atoms with Gasteiger partial charge in [0.1, 0.15) is 11.6 Å². The zero-order valence-electron chi connectivity index (χ0n) is 6.15. The minimum Gasteiger partial charge on any atom is -0.396 e. The molecule has 0 aliphatic rings. The molecule has 1 aromatic rings. The minimum absolute atomic E-state index is 0.124. The van der Waals surface area contributed by atoms with E-state index in [1.165, 1.54) is 6.07 Å². The van der Waals surface area contributed by atoms with Crippen molar-refractivity contribution in [3.63, 3.8) is 0 Å². The number of aliphatic hydroxyl groups is 1. The summed E-state index contributed by atoms with van der Waals surface area (Å²) >= 11 is 2.96. The average Bonchev–Trinajstić information content (AvgIpc) is 2.00. The van der Waals surface area contributed by atoms with Crippen LogP contribution in [0.3, 0.4) is 0 Å². The van der Waals surface area contributed by atoms with Gasteiger partial charge in [-0.3, -0.25) is 0 Å². The number of hydrogen-bond donors (Lipinski definition) is 1. The molecule has 1 N–H and O–H groups in total. The van der Waals surface area contributed by atoms with Crippen LogP contribution in [0.5, 0.6) is 0 Å². The van der Waals surface area contributed by atoms with Crippen molar-refractivity contribution < 1.29 is 13.9 Å². The molecule has 0 radical (unpaired) electrons. The van der Waals surface area contributed by atoms with Crippen LogP contribution in [0.1, 0.15) is 5.56 Å². The van der Waals surface area contributed by atoms with Crippen molar-refractivity contribution in [1.82, 2.24) is 0 Å². The van der Waals surface area contributed by atoms with Crippen LogP contribution in [-0.4, -0.2) is 11.7 Å². The maximum Gasteiger partial charge on any atom is 0.140 e. The Bertz CT molecular complexity index is 289. The molecule has 0 aromatic heterocycles. The lowest BCUT2D eigenvalue weighted by molar-refractivity contribution is 0.299. The maximum absolute atomic E-state index is 12.8. The van der Waals surface area contributed by atoms with E-state index in [1.54, 1.807) is 0 Å². The van der Waals surface area contributed by atoms with E-state index < -0.39 is 11.6 Å². The number of halogens is 3. The fourth-order valence-electron chi connectivity index (χ4n) is 0.912. The van der Waals surface area contributed by atoms with Gasteiger partial charge in [-0.2, -0.15) is 0 Å². The van der Waals surface area contributed by atoms with Crippen LogP contribution in [0, 0.1) is 11.6 Å². The second kappa shape index (κ2) is 3.96. The molecule has 0 bridgehead atoms. The largest absolute Gasteiger partial charge is 0.396 e. The van der Waals surface area contributed by atoms with Crippen molar-refractivity contribution in [2.45, 2.75) is 6.42 Å². The quantitative estimate of drug-likeness (QED) is 0.782. The van der Waals surface area contributed by atoms with Gasteiger partial charge in [0.25, 0.3) is 0 Å². The first-order valence-electron chi connectivity index (χ1n) is 3.39. The molecular weight excluding hydrogens is 230 g/mol. The summed E-state index contributed by atoms with van der Waals surface area (Å²) in [6.07, 6.45) is 0.245. The van der Waals surface area contributed by atoms with E-state index in [0.717, 1.165) is 6.07 Å². The van der Waals surface area contributed by atoms with E-state index >= 15 is 0 Å². The SMILES string of the molecule is OCCc1cc(F)cc(F)c1Br. The van der Waals surface area contributed by atoms with Gasteiger partial charge in [-0.15, -0.1) is 0 Å². The van der Waals surface area contributed by atoms with Crippen molar-refractivity contribution in [3.8, 4) is 0 Å². The van der Waals surface area contributed by atoms with Crippen molar-refractivity contribution in [2.24, 2.45) is 0 Å². The monoisotopic (exact) mass is 236 g/mol. The highest BCUT2D eigenvalue weighted by Gasteiger charge is 2.07. The first-order chi connectivity index (χ1) is 5.65. The number of hydrogen-bond acceptors (Lipinski definition) is 1. The van der Waals surface area contributed by atoms with E-state index in [2.05, 4.69) is 15.9 Å². The summed E-state index contributed by atoms with van der Waals surface area (Å²) in [6, 6.07) is 1.99. The molecule has 0 amide bonds. The Hall–Kier alpha value is -0.480. The predicted octanol–water partition coefficient (Wildman–Crippen LogP) is 2.26. The highest BCUT2D eigenvalue weighted by molar-refractivity contribution is 9.10. The third kappa shape index (κ3) is 2.01. The lowest BCUT2D eigenvalue weighted by Gasteiger charge is -2.03. The van der Waals surface area contributed by atoms with Gasteiger partial charge in [0, 0.05) is 12.7 Å². The van der Waals surface area contributed by atoms with Gasteiger partial charge in [0.2, 0.25) is 0 Å². The van der Waals surface area contributed by atoms with Crippen molar-refractivity contribution in [2.75, 3.05) is 6.61 Å². The molecule has 0 heterocycles. The summed E-state index contributed by atoms with van der Waals surface area (Å²) in [7, 11) is 0. The van der Waals surface area contributed by atoms with Crippen LogP contribution < -0.4 is 0 Å². The molecule has 66 valence electrons. The summed E-state index contributed by atoms with van der Waals surface area (Å²) in [5, 5.41) is 8.56. The summed E-state index contributed by atoms with van der Waals surface area (Å²) in [6.45, 7) is -0.124. The van der Waals surface area contributed by atoms with E-state index in [4.69, 9.17) is 5.11 Å². The Kier molecular flexibility index (Phi) is 3.17. The fourth-order valence-corrected chi connectivity index (χ4v) is 1.34. The molecule has 0 aliphatic carbocycles. The number of benzene rings is 1. The summed E-state index contributed by atoms with van der Waals surface area (Å²) in [4.78, 5) is 0. The normalized spacial score (nSPS) is 10.3. The van der Waals surface area contributed by atoms with Gasteiger partial charge in [-0.05, 0) is 34.0 Å². The smallest absolute Gasteiger partial charge is 0.140 e. The second-order valence-corrected chi connectivity index (χ2v) is 3.13. The van der Waals surface area contributed by atoms with Gasteiger partial charge >= 0.3 is 0 Å². The Labute approximate surface area is 77.2 Å². The van der Waals surface area contributed by atoms with Crippen LogP contribution in [-0.2, 0) is 6.42 Å². The van der Waals surface area contributed by atoms with Crippen molar-refractivity contribution in [1.29, 1.82) is 0 Å². The maximum atomic E-state index is 12.8. The second-order valence-electron chi connectivity index (χ2n) is 2.33. The molecule has 0 saturated carbocycles. The molecule has 12 heavy (non-hydrogen) atoms. The van der Waals surface area contributed by atoms with Crippen LogP contribution in [0.4, 0.5) is 8.78 Å². The van der Waals surface area contributed by atoms with Crippen LogP contribution in [0.25, 0.3) is 0 Å². The van der Waals surface area contributed by atoms with E-state index in [9.17, 15) is 8.78 Å². The summed E-state index contributed by atoms with van der Waals surface area (Å²) in [5.41, 5.74) is 0.440. The topological polar surface area (TPSA) is 20.2 Å². The zero-order valence-corrected chi connectivity index (χ0v) is 7.74. The highest BCUT2D eigenvalue weighted by Crippen LogP contribution is 2.22. The summed E-state index contributed by atoms with van der Waals surface area (Å²) < 4.78 is 25.6. The van der Waals surface area contributed by atoms with Crippen LogP contribution in [0.15, 0.2) is 16.6 Å². The lowest BCUT2D eigenvalue weighted by atomic mass is 10.1. The third-order valence-corrected chi connectivity index (χ3v) is 2.34. The lowest BCUT2D eigenvalue weighted by Crippen LogP contribution is -1.95. The molecule has 0 saturated heterocycles. The van der Waals surface area contributed by atoms with Gasteiger partial charge in [-0.25, -0.2) is 8.78 Å². The van der Waals surface area contributed by atoms with E-state index in [1.807, 2.05) is 0 Å². The molecule has 0 fully saturated rings. The molecule has 0 aliphatic heterocycles. The molecule has 1 aromatic carbocycles. The van der Waals surface area contributed by atoms with Gasteiger partial charge < -0.3 is 5.11 Å². The first kappa shape index (κ1) is 9.61. The average molecular weight is 237 g/mol. The molecule has 4 heteroatoms. The Morgan fingerprint density at radius 3 is 2.58 bits per heavy atom. The van der Waals surface area contributed by atoms with Crippen molar-refractivity contribution >= 4 is 15.9 Å².